The van der Waals surface area contributed by atoms with Crippen molar-refractivity contribution >= 4 is 34.0 Å². The van der Waals surface area contributed by atoms with Crippen molar-refractivity contribution in [1.29, 1.82) is 0 Å². The largest absolute Gasteiger partial charge is 0.497 e. The molecular formula is C21H18N2O3. The molecule has 1 aliphatic heterocycles. The summed E-state index contributed by atoms with van der Waals surface area (Å²) in [7, 11) is 1.60. The number of fused-ring (bicyclic) bond motifs is 1. The van der Waals surface area contributed by atoms with Crippen LogP contribution in [0.2, 0.25) is 0 Å². The van der Waals surface area contributed by atoms with Crippen molar-refractivity contribution in [1.82, 2.24) is 0 Å². The predicted octanol–water partition coefficient (Wildman–Crippen LogP) is 3.59. The van der Waals surface area contributed by atoms with Gasteiger partial charge in [-0.2, -0.15) is 0 Å². The number of hydrogen-bond acceptors (Lipinski definition) is 4. The van der Waals surface area contributed by atoms with Crippen molar-refractivity contribution in [3.63, 3.8) is 0 Å². The third-order valence-corrected chi connectivity index (χ3v) is 4.59. The second-order valence-electron chi connectivity index (χ2n) is 6.20. The molecule has 0 bridgehead atoms. The Morgan fingerprint density at radius 1 is 0.962 bits per heavy atom. The topological polar surface area (TPSA) is 58.6 Å². The summed E-state index contributed by atoms with van der Waals surface area (Å²) in [5.41, 5.74) is 1.41. The van der Waals surface area contributed by atoms with E-state index in [1.54, 1.807) is 7.11 Å². The number of anilines is 2. The summed E-state index contributed by atoms with van der Waals surface area (Å²) in [6.45, 7) is 0. The van der Waals surface area contributed by atoms with Gasteiger partial charge < -0.3 is 10.1 Å². The molecule has 0 aliphatic carbocycles. The van der Waals surface area contributed by atoms with E-state index in [4.69, 9.17) is 4.74 Å². The zero-order valence-corrected chi connectivity index (χ0v) is 14.3. The normalized spacial score (nSPS) is 17.0. The van der Waals surface area contributed by atoms with E-state index >= 15 is 0 Å². The van der Waals surface area contributed by atoms with Gasteiger partial charge in [0.15, 0.2) is 0 Å². The Morgan fingerprint density at radius 2 is 1.69 bits per heavy atom. The fourth-order valence-electron chi connectivity index (χ4n) is 3.29. The van der Waals surface area contributed by atoms with Gasteiger partial charge in [-0.15, -0.1) is 0 Å². The highest BCUT2D eigenvalue weighted by molar-refractivity contribution is 6.25. The summed E-state index contributed by atoms with van der Waals surface area (Å²) in [5, 5.41) is 5.04. The van der Waals surface area contributed by atoms with Gasteiger partial charge in [0.25, 0.3) is 5.91 Å². The van der Waals surface area contributed by atoms with Crippen molar-refractivity contribution in [2.75, 3.05) is 17.3 Å². The molecule has 4 rings (SSSR count). The lowest BCUT2D eigenvalue weighted by Crippen LogP contribution is -2.34. The molecule has 0 spiro atoms. The molecule has 0 aromatic heterocycles. The Labute approximate surface area is 151 Å². The summed E-state index contributed by atoms with van der Waals surface area (Å²) in [5.74, 6) is 0.307. The van der Waals surface area contributed by atoms with Crippen LogP contribution in [0.3, 0.4) is 0 Å². The Balaban J connectivity index is 1.62. The average Bonchev–Trinajstić information content (AvgIpc) is 2.95. The SMILES string of the molecule is COc1ccc(N[C@@H]2CC(=O)N(c3cccc4ccccc34)C2=O)cc1. The third kappa shape index (κ3) is 2.77. The molecule has 1 fully saturated rings. The van der Waals surface area contributed by atoms with Crippen molar-refractivity contribution < 1.29 is 14.3 Å². The first-order valence-electron chi connectivity index (χ1n) is 8.42. The first-order chi connectivity index (χ1) is 12.7. The lowest BCUT2D eigenvalue weighted by molar-refractivity contribution is -0.121. The van der Waals surface area contributed by atoms with Gasteiger partial charge in [-0.25, -0.2) is 4.90 Å². The van der Waals surface area contributed by atoms with Gasteiger partial charge in [-0.3, -0.25) is 9.59 Å². The highest BCUT2D eigenvalue weighted by Gasteiger charge is 2.40. The standard InChI is InChI=1S/C21H18N2O3/c1-26-16-11-9-15(10-12-16)22-18-13-20(24)23(21(18)25)19-8-4-6-14-5-2-3-7-17(14)19/h2-12,18,22H,13H2,1H3/t18-/m1/s1. The molecule has 1 saturated heterocycles. The first-order valence-corrected chi connectivity index (χ1v) is 8.42. The maximum absolute atomic E-state index is 12.9. The smallest absolute Gasteiger partial charge is 0.256 e. The number of nitrogens with zero attached hydrogens (tertiary/aromatic N) is 1. The number of rotatable bonds is 4. The quantitative estimate of drug-likeness (QED) is 0.734. The fourth-order valence-corrected chi connectivity index (χ4v) is 3.29. The van der Waals surface area contributed by atoms with E-state index in [9.17, 15) is 9.59 Å². The van der Waals surface area contributed by atoms with Crippen LogP contribution in [-0.2, 0) is 9.59 Å². The van der Waals surface area contributed by atoms with E-state index in [1.807, 2.05) is 66.7 Å². The zero-order chi connectivity index (χ0) is 18.1. The Bertz CT molecular complexity index is 977. The van der Waals surface area contributed by atoms with Crippen LogP contribution >= 0.6 is 0 Å². The number of benzene rings is 3. The monoisotopic (exact) mass is 346 g/mol. The summed E-state index contributed by atoms with van der Waals surface area (Å²) in [4.78, 5) is 26.8. The summed E-state index contributed by atoms with van der Waals surface area (Å²) >= 11 is 0. The maximum atomic E-state index is 12.9. The minimum absolute atomic E-state index is 0.133. The van der Waals surface area contributed by atoms with E-state index in [1.165, 1.54) is 4.90 Å². The van der Waals surface area contributed by atoms with Gasteiger partial charge in [-0.1, -0.05) is 36.4 Å². The van der Waals surface area contributed by atoms with Gasteiger partial charge in [0.2, 0.25) is 5.91 Å². The Hall–Kier alpha value is -3.34. The van der Waals surface area contributed by atoms with Crippen molar-refractivity contribution in [3.05, 3.63) is 66.7 Å². The zero-order valence-electron chi connectivity index (χ0n) is 14.3. The molecule has 3 aromatic rings. The highest BCUT2D eigenvalue weighted by Crippen LogP contribution is 2.31. The van der Waals surface area contributed by atoms with Gasteiger partial charge in [0.1, 0.15) is 11.8 Å². The molecule has 5 nitrogen and oxygen atoms in total. The van der Waals surface area contributed by atoms with E-state index < -0.39 is 6.04 Å². The Morgan fingerprint density at radius 3 is 2.46 bits per heavy atom. The molecule has 0 radical (unpaired) electrons. The molecule has 0 saturated carbocycles. The minimum atomic E-state index is -0.574. The van der Waals surface area contributed by atoms with Gasteiger partial charge in [0, 0.05) is 11.1 Å². The van der Waals surface area contributed by atoms with Crippen molar-refractivity contribution in [2.45, 2.75) is 12.5 Å². The van der Waals surface area contributed by atoms with Crippen LogP contribution in [0.1, 0.15) is 6.42 Å². The number of carbonyl (C=O) groups is 2. The van der Waals surface area contributed by atoms with Crippen LogP contribution < -0.4 is 15.0 Å². The number of nitrogens with one attached hydrogen (secondary N) is 1. The van der Waals surface area contributed by atoms with Crippen LogP contribution in [0.25, 0.3) is 10.8 Å². The average molecular weight is 346 g/mol. The molecule has 1 heterocycles. The first kappa shape index (κ1) is 16.1. The fraction of sp³-hybridized carbons (Fsp3) is 0.143. The summed E-state index contributed by atoms with van der Waals surface area (Å²) in [6, 6.07) is 20.1. The van der Waals surface area contributed by atoms with Crippen molar-refractivity contribution in [2.24, 2.45) is 0 Å². The second-order valence-corrected chi connectivity index (χ2v) is 6.20. The van der Waals surface area contributed by atoms with E-state index in [-0.39, 0.29) is 18.2 Å². The van der Waals surface area contributed by atoms with Gasteiger partial charge in [-0.05, 0) is 35.7 Å². The summed E-state index contributed by atoms with van der Waals surface area (Å²) in [6.07, 6.45) is 0.133. The van der Waals surface area contributed by atoms with E-state index in [0.717, 1.165) is 22.2 Å². The molecule has 0 unspecified atom stereocenters. The predicted molar refractivity (Wildman–Crippen MR) is 101 cm³/mol. The molecule has 1 aliphatic rings. The number of carbonyl (C=O) groups excluding carboxylic acids is 2. The number of methoxy groups -OCH3 is 1. The van der Waals surface area contributed by atoms with Gasteiger partial charge in [0.05, 0.1) is 19.2 Å². The summed E-state index contributed by atoms with van der Waals surface area (Å²) < 4.78 is 5.14. The van der Waals surface area contributed by atoms with Crippen LogP contribution in [0.4, 0.5) is 11.4 Å². The third-order valence-electron chi connectivity index (χ3n) is 4.59. The number of amides is 2. The van der Waals surface area contributed by atoms with E-state index in [2.05, 4.69) is 5.32 Å². The molecule has 26 heavy (non-hydrogen) atoms. The minimum Gasteiger partial charge on any atom is -0.497 e. The second kappa shape index (κ2) is 6.52. The van der Waals surface area contributed by atoms with Crippen molar-refractivity contribution in [3.8, 4) is 5.75 Å². The highest BCUT2D eigenvalue weighted by atomic mass is 16.5. The lowest BCUT2D eigenvalue weighted by Gasteiger charge is -2.18. The number of imide groups is 1. The van der Waals surface area contributed by atoms with Crippen LogP contribution in [0.15, 0.2) is 66.7 Å². The molecule has 2 amide bonds. The van der Waals surface area contributed by atoms with Crippen LogP contribution in [0, 0.1) is 0 Å². The lowest BCUT2D eigenvalue weighted by atomic mass is 10.1. The molecule has 5 heteroatoms. The van der Waals surface area contributed by atoms with E-state index in [0.29, 0.717) is 5.69 Å². The number of ether oxygens (including phenoxy) is 1. The molecular weight excluding hydrogens is 328 g/mol. The Kier molecular flexibility index (Phi) is 4.05. The molecule has 130 valence electrons. The molecule has 1 N–H and O–H groups in total. The number of hydrogen-bond donors (Lipinski definition) is 1. The maximum Gasteiger partial charge on any atom is 0.256 e. The molecule has 1 atom stereocenters. The van der Waals surface area contributed by atoms with Gasteiger partial charge >= 0.3 is 0 Å². The molecule has 3 aromatic carbocycles. The van der Waals surface area contributed by atoms with Crippen LogP contribution in [-0.4, -0.2) is 25.0 Å². The van der Waals surface area contributed by atoms with Crippen LogP contribution in [0.5, 0.6) is 5.75 Å².